The number of benzene rings is 1. The quantitative estimate of drug-likeness (QED) is 0.200. The van der Waals surface area contributed by atoms with Gasteiger partial charge in [0.2, 0.25) is 0 Å². The van der Waals surface area contributed by atoms with E-state index in [4.69, 9.17) is 0 Å². The number of hydrogen-bond donors (Lipinski definition) is 3. The van der Waals surface area contributed by atoms with Crippen molar-refractivity contribution in [3.05, 3.63) is 28.8 Å². The van der Waals surface area contributed by atoms with E-state index in [-0.39, 0.29) is 11.4 Å². The summed E-state index contributed by atoms with van der Waals surface area (Å²) in [5.74, 6) is 0.351. The Morgan fingerprint density at radius 1 is 0.939 bits per heavy atom. The molecule has 0 aromatic heterocycles. The molecular formula is C27H41N5O. The number of hydrogen-bond acceptors (Lipinski definition) is 4. The maximum absolute atomic E-state index is 11.7. The van der Waals surface area contributed by atoms with Crippen LogP contribution in [0.1, 0.15) is 120 Å². The summed E-state index contributed by atoms with van der Waals surface area (Å²) in [6.45, 7) is 4.49. The summed E-state index contributed by atoms with van der Waals surface area (Å²) in [7, 11) is 1.56. The van der Waals surface area contributed by atoms with Gasteiger partial charge in [0.1, 0.15) is 12.1 Å². The zero-order valence-electron chi connectivity index (χ0n) is 20.7. The van der Waals surface area contributed by atoms with E-state index in [9.17, 15) is 15.3 Å². The number of hydrazine groups is 1. The Labute approximate surface area is 200 Å². The second-order valence-corrected chi connectivity index (χ2v) is 9.49. The molecule has 2 amide bonds. The molecule has 0 radical (unpaired) electrons. The first kappa shape index (κ1) is 26.5. The van der Waals surface area contributed by atoms with Crippen molar-refractivity contribution in [2.45, 2.75) is 103 Å². The SMILES string of the molecule is CCCCCCCCC1(CCCCCC)CC1c1cc(C#N)c(C#N)cc1NNC(=O)NC. The van der Waals surface area contributed by atoms with Gasteiger partial charge in [-0.25, -0.2) is 4.79 Å². The van der Waals surface area contributed by atoms with Gasteiger partial charge in [-0.15, -0.1) is 0 Å². The molecule has 2 atom stereocenters. The van der Waals surface area contributed by atoms with Gasteiger partial charge in [-0.05, 0) is 48.3 Å². The predicted octanol–water partition coefficient (Wildman–Crippen LogP) is 6.88. The van der Waals surface area contributed by atoms with E-state index in [0.717, 1.165) is 17.7 Å². The molecule has 1 saturated carbocycles. The first-order valence-electron chi connectivity index (χ1n) is 12.8. The van der Waals surface area contributed by atoms with Gasteiger partial charge in [0, 0.05) is 7.05 Å². The zero-order valence-corrected chi connectivity index (χ0v) is 20.7. The standard InChI is InChI=1S/C27H41N5O/c1-4-6-8-10-11-13-15-27(14-12-9-7-5-2)18-24(27)23-16-21(19-28)22(20-29)17-25(23)31-32-26(33)30-3/h16-17,24,31H,4-15,18H2,1-3H3,(H2,30,32,33). The van der Waals surface area contributed by atoms with Crippen LogP contribution in [0.15, 0.2) is 12.1 Å². The zero-order chi connectivity index (χ0) is 24.1. The van der Waals surface area contributed by atoms with E-state index in [1.54, 1.807) is 13.1 Å². The summed E-state index contributed by atoms with van der Waals surface area (Å²) >= 11 is 0. The summed E-state index contributed by atoms with van der Waals surface area (Å²) in [6, 6.07) is 7.51. The Bertz CT molecular complexity index is 853. The van der Waals surface area contributed by atoms with Crippen LogP contribution in [0.4, 0.5) is 10.5 Å². The molecule has 33 heavy (non-hydrogen) atoms. The number of carbonyl (C=O) groups is 1. The minimum absolute atomic E-state index is 0.267. The number of unbranched alkanes of at least 4 members (excludes halogenated alkanes) is 8. The molecule has 0 aliphatic heterocycles. The molecule has 3 N–H and O–H groups in total. The Morgan fingerprint density at radius 2 is 1.48 bits per heavy atom. The molecule has 180 valence electrons. The molecule has 0 bridgehead atoms. The Kier molecular flexibility index (Phi) is 11.0. The normalized spacial score (nSPS) is 18.8. The van der Waals surface area contributed by atoms with E-state index in [1.165, 1.54) is 77.0 Å². The van der Waals surface area contributed by atoms with Crippen LogP contribution in [0.5, 0.6) is 0 Å². The summed E-state index contributed by atoms with van der Waals surface area (Å²) in [5.41, 5.74) is 8.39. The van der Waals surface area contributed by atoms with Gasteiger partial charge in [0.05, 0.1) is 16.8 Å². The van der Waals surface area contributed by atoms with Crippen molar-refractivity contribution in [1.29, 1.82) is 10.5 Å². The Balaban J connectivity index is 2.21. The van der Waals surface area contributed by atoms with Crippen molar-refractivity contribution in [2.75, 3.05) is 12.5 Å². The molecule has 1 aliphatic rings. The van der Waals surface area contributed by atoms with Crippen molar-refractivity contribution >= 4 is 11.7 Å². The van der Waals surface area contributed by atoms with Crippen molar-refractivity contribution in [3.8, 4) is 12.1 Å². The van der Waals surface area contributed by atoms with Crippen molar-refractivity contribution in [2.24, 2.45) is 5.41 Å². The number of anilines is 1. The van der Waals surface area contributed by atoms with Gasteiger partial charge in [-0.3, -0.25) is 10.9 Å². The fourth-order valence-electron chi connectivity index (χ4n) is 5.01. The molecule has 1 aromatic rings. The lowest BCUT2D eigenvalue weighted by molar-refractivity contribution is 0.245. The maximum atomic E-state index is 11.7. The molecule has 0 heterocycles. The second kappa shape index (κ2) is 13.7. The Hall–Kier alpha value is -2.73. The fraction of sp³-hybridized carbons (Fsp3) is 0.667. The maximum Gasteiger partial charge on any atom is 0.333 e. The number of nitriles is 2. The molecular weight excluding hydrogens is 410 g/mol. The Morgan fingerprint density at radius 3 is 2.06 bits per heavy atom. The first-order valence-corrected chi connectivity index (χ1v) is 12.8. The highest BCUT2D eigenvalue weighted by Crippen LogP contribution is 2.66. The van der Waals surface area contributed by atoms with Crippen LogP contribution < -0.4 is 16.2 Å². The van der Waals surface area contributed by atoms with Crippen molar-refractivity contribution < 1.29 is 4.79 Å². The number of urea groups is 1. The summed E-state index contributed by atoms with van der Waals surface area (Å²) in [6.07, 6.45) is 16.3. The van der Waals surface area contributed by atoms with E-state index in [0.29, 0.717) is 17.0 Å². The molecule has 1 aromatic carbocycles. The summed E-state index contributed by atoms with van der Waals surface area (Å²) in [5, 5.41) is 21.6. The number of nitrogens with one attached hydrogen (secondary N) is 3. The van der Waals surface area contributed by atoms with Crippen LogP contribution in [0.3, 0.4) is 0 Å². The lowest BCUT2D eigenvalue weighted by atomic mass is 9.86. The molecule has 0 saturated heterocycles. The molecule has 1 aliphatic carbocycles. The molecule has 6 nitrogen and oxygen atoms in total. The molecule has 1 fully saturated rings. The monoisotopic (exact) mass is 451 g/mol. The highest BCUT2D eigenvalue weighted by molar-refractivity contribution is 5.76. The third kappa shape index (κ3) is 7.67. The van der Waals surface area contributed by atoms with E-state index >= 15 is 0 Å². The van der Waals surface area contributed by atoms with Crippen LogP contribution in [-0.2, 0) is 0 Å². The largest absolute Gasteiger partial charge is 0.340 e. The lowest BCUT2D eigenvalue weighted by Gasteiger charge is -2.20. The number of rotatable bonds is 15. The van der Waals surface area contributed by atoms with Crippen LogP contribution in [0.25, 0.3) is 0 Å². The van der Waals surface area contributed by atoms with Crippen LogP contribution in [-0.4, -0.2) is 13.1 Å². The smallest absolute Gasteiger partial charge is 0.333 e. The van der Waals surface area contributed by atoms with E-state index < -0.39 is 0 Å². The van der Waals surface area contributed by atoms with Crippen LogP contribution >= 0.6 is 0 Å². The van der Waals surface area contributed by atoms with Crippen LogP contribution in [0, 0.1) is 28.1 Å². The summed E-state index contributed by atoms with van der Waals surface area (Å²) in [4.78, 5) is 11.7. The molecule has 2 unspecified atom stereocenters. The van der Waals surface area contributed by atoms with Gasteiger partial charge >= 0.3 is 6.03 Å². The topological polar surface area (TPSA) is 101 Å². The van der Waals surface area contributed by atoms with E-state index in [2.05, 4.69) is 42.2 Å². The average molecular weight is 452 g/mol. The minimum Gasteiger partial charge on any atom is -0.340 e. The van der Waals surface area contributed by atoms with Gasteiger partial charge in [-0.2, -0.15) is 10.5 Å². The van der Waals surface area contributed by atoms with Gasteiger partial charge < -0.3 is 5.32 Å². The molecule has 6 heteroatoms. The average Bonchev–Trinajstić information content (AvgIpc) is 3.55. The van der Waals surface area contributed by atoms with E-state index in [1.807, 2.05) is 6.07 Å². The fourth-order valence-corrected chi connectivity index (χ4v) is 5.01. The number of amides is 2. The number of nitrogens with zero attached hydrogens (tertiary/aromatic N) is 2. The highest BCUT2D eigenvalue weighted by atomic mass is 16.2. The minimum atomic E-state index is -0.350. The highest BCUT2D eigenvalue weighted by Gasteiger charge is 2.53. The number of carbonyl (C=O) groups excluding carboxylic acids is 1. The molecule has 0 spiro atoms. The molecule has 2 rings (SSSR count). The van der Waals surface area contributed by atoms with Gasteiger partial charge in [0.25, 0.3) is 0 Å². The van der Waals surface area contributed by atoms with Crippen molar-refractivity contribution in [1.82, 2.24) is 10.7 Å². The third-order valence-corrected chi connectivity index (χ3v) is 7.09. The third-order valence-electron chi connectivity index (χ3n) is 7.09. The van der Waals surface area contributed by atoms with Gasteiger partial charge in [0.15, 0.2) is 0 Å². The lowest BCUT2D eigenvalue weighted by Crippen LogP contribution is -2.37. The van der Waals surface area contributed by atoms with Crippen molar-refractivity contribution in [3.63, 3.8) is 0 Å². The summed E-state index contributed by atoms with van der Waals surface area (Å²) < 4.78 is 0. The van der Waals surface area contributed by atoms with Gasteiger partial charge in [-0.1, -0.05) is 78.1 Å². The predicted molar refractivity (Wildman–Crippen MR) is 134 cm³/mol. The first-order chi connectivity index (χ1) is 16.0. The van der Waals surface area contributed by atoms with Crippen LogP contribution in [0.2, 0.25) is 0 Å². The second-order valence-electron chi connectivity index (χ2n) is 9.49.